The van der Waals surface area contributed by atoms with E-state index >= 15 is 0 Å². The van der Waals surface area contributed by atoms with Crippen molar-refractivity contribution in [1.82, 2.24) is 0 Å². The molecule has 0 spiro atoms. The van der Waals surface area contributed by atoms with Gasteiger partial charge in [0.2, 0.25) is 0 Å². The predicted molar refractivity (Wildman–Crippen MR) is 66.9 cm³/mol. The maximum Gasteiger partial charge on any atom is 0.126 e. The molecule has 2 aliphatic heterocycles. The first kappa shape index (κ1) is 10.9. The van der Waals surface area contributed by atoms with E-state index < -0.39 is 0 Å². The second-order valence-electron chi connectivity index (χ2n) is 4.79. The SMILES string of the molecule is CCC(CN)c1c2c(cc3c1OCC3)OCC2. The fourth-order valence-corrected chi connectivity index (χ4v) is 2.94. The van der Waals surface area contributed by atoms with Crippen molar-refractivity contribution in [2.24, 2.45) is 5.73 Å². The van der Waals surface area contributed by atoms with E-state index in [1.54, 1.807) is 0 Å². The third kappa shape index (κ3) is 1.61. The topological polar surface area (TPSA) is 44.5 Å². The Morgan fingerprint density at radius 3 is 2.88 bits per heavy atom. The lowest BCUT2D eigenvalue weighted by Crippen LogP contribution is -2.14. The average Bonchev–Trinajstić information content (AvgIpc) is 2.96. The fourth-order valence-electron chi connectivity index (χ4n) is 2.94. The van der Waals surface area contributed by atoms with E-state index in [0.29, 0.717) is 12.5 Å². The minimum Gasteiger partial charge on any atom is -0.493 e. The van der Waals surface area contributed by atoms with Crippen LogP contribution < -0.4 is 15.2 Å². The number of fused-ring (bicyclic) bond motifs is 2. The highest BCUT2D eigenvalue weighted by atomic mass is 16.5. The van der Waals surface area contributed by atoms with Crippen LogP contribution in [0.25, 0.3) is 0 Å². The zero-order valence-corrected chi connectivity index (χ0v) is 10.3. The van der Waals surface area contributed by atoms with Gasteiger partial charge in [-0.1, -0.05) is 6.92 Å². The molecule has 0 bridgehead atoms. The summed E-state index contributed by atoms with van der Waals surface area (Å²) in [5.74, 6) is 2.57. The van der Waals surface area contributed by atoms with Crippen LogP contribution in [0.2, 0.25) is 0 Å². The maximum absolute atomic E-state index is 5.91. The molecule has 3 rings (SSSR count). The van der Waals surface area contributed by atoms with Crippen LogP contribution in [-0.4, -0.2) is 19.8 Å². The lowest BCUT2D eigenvalue weighted by molar-refractivity contribution is 0.350. The van der Waals surface area contributed by atoms with Gasteiger partial charge in [-0.15, -0.1) is 0 Å². The third-order valence-electron chi connectivity index (χ3n) is 3.88. The highest BCUT2D eigenvalue weighted by Crippen LogP contribution is 2.44. The first-order valence-electron chi connectivity index (χ1n) is 6.49. The van der Waals surface area contributed by atoms with Crippen molar-refractivity contribution in [3.8, 4) is 11.5 Å². The Morgan fingerprint density at radius 2 is 2.12 bits per heavy atom. The summed E-state index contributed by atoms with van der Waals surface area (Å²) in [4.78, 5) is 0. The third-order valence-corrected chi connectivity index (χ3v) is 3.88. The van der Waals surface area contributed by atoms with Gasteiger partial charge in [-0.05, 0) is 24.9 Å². The fraction of sp³-hybridized carbons (Fsp3) is 0.571. The largest absolute Gasteiger partial charge is 0.493 e. The number of nitrogens with two attached hydrogens (primary N) is 1. The van der Waals surface area contributed by atoms with Gasteiger partial charge >= 0.3 is 0 Å². The molecule has 1 atom stereocenters. The monoisotopic (exact) mass is 233 g/mol. The van der Waals surface area contributed by atoms with Gasteiger partial charge in [0.1, 0.15) is 11.5 Å². The summed E-state index contributed by atoms with van der Waals surface area (Å²) < 4.78 is 11.5. The maximum atomic E-state index is 5.91. The van der Waals surface area contributed by atoms with Crippen LogP contribution in [-0.2, 0) is 12.8 Å². The van der Waals surface area contributed by atoms with Crippen LogP contribution in [0, 0.1) is 0 Å². The zero-order chi connectivity index (χ0) is 11.8. The molecule has 0 saturated carbocycles. The number of ether oxygens (including phenoxy) is 2. The summed E-state index contributed by atoms with van der Waals surface area (Å²) in [5, 5.41) is 0. The number of benzene rings is 1. The van der Waals surface area contributed by atoms with Gasteiger partial charge in [-0.3, -0.25) is 0 Å². The lowest BCUT2D eigenvalue weighted by atomic mass is 9.88. The zero-order valence-electron chi connectivity index (χ0n) is 10.3. The molecule has 0 saturated heterocycles. The molecule has 3 nitrogen and oxygen atoms in total. The van der Waals surface area contributed by atoms with Crippen molar-refractivity contribution in [3.05, 3.63) is 22.8 Å². The predicted octanol–water partition coefficient (Wildman–Crippen LogP) is 2.01. The molecule has 2 N–H and O–H groups in total. The molecule has 1 aromatic rings. The molecule has 0 fully saturated rings. The van der Waals surface area contributed by atoms with Crippen LogP contribution >= 0.6 is 0 Å². The molecular weight excluding hydrogens is 214 g/mol. The van der Waals surface area contributed by atoms with E-state index in [2.05, 4.69) is 13.0 Å². The van der Waals surface area contributed by atoms with Crippen LogP contribution in [0.5, 0.6) is 11.5 Å². The number of rotatable bonds is 3. The van der Waals surface area contributed by atoms with E-state index in [9.17, 15) is 0 Å². The van der Waals surface area contributed by atoms with Crippen LogP contribution in [0.4, 0.5) is 0 Å². The van der Waals surface area contributed by atoms with Crippen molar-refractivity contribution >= 4 is 0 Å². The molecule has 0 aliphatic carbocycles. The Hall–Kier alpha value is -1.22. The Kier molecular flexibility index (Phi) is 2.71. The summed E-state index contributed by atoms with van der Waals surface area (Å²) in [6.45, 7) is 4.47. The Balaban J connectivity index is 2.17. The number of hydrogen-bond acceptors (Lipinski definition) is 3. The molecule has 1 aromatic carbocycles. The first-order chi connectivity index (χ1) is 8.35. The van der Waals surface area contributed by atoms with Gasteiger partial charge in [0.05, 0.1) is 13.2 Å². The minimum absolute atomic E-state index is 0.401. The van der Waals surface area contributed by atoms with E-state index in [1.807, 2.05) is 0 Å². The Morgan fingerprint density at radius 1 is 1.29 bits per heavy atom. The molecule has 0 aromatic heterocycles. The Labute approximate surface area is 102 Å². The van der Waals surface area contributed by atoms with Crippen molar-refractivity contribution in [2.45, 2.75) is 32.1 Å². The highest BCUT2D eigenvalue weighted by molar-refractivity contribution is 5.58. The first-order valence-corrected chi connectivity index (χ1v) is 6.49. The Bertz CT molecular complexity index is 406. The second-order valence-corrected chi connectivity index (χ2v) is 4.79. The molecule has 0 radical (unpaired) electrons. The molecule has 2 heterocycles. The second kappa shape index (κ2) is 4.22. The standard InChI is InChI=1S/C14H19NO2/c1-2-9(8-15)13-11-4-6-16-12(11)7-10-3-5-17-14(10)13/h7,9H,2-6,8,15H2,1H3. The van der Waals surface area contributed by atoms with E-state index in [-0.39, 0.29) is 0 Å². The van der Waals surface area contributed by atoms with Gasteiger partial charge in [-0.2, -0.15) is 0 Å². The van der Waals surface area contributed by atoms with Gasteiger partial charge in [-0.25, -0.2) is 0 Å². The van der Waals surface area contributed by atoms with Gasteiger partial charge in [0, 0.05) is 29.5 Å². The summed E-state index contributed by atoms with van der Waals surface area (Å²) in [7, 11) is 0. The van der Waals surface area contributed by atoms with Gasteiger partial charge in [0.25, 0.3) is 0 Å². The summed E-state index contributed by atoms with van der Waals surface area (Å²) in [6, 6.07) is 2.16. The van der Waals surface area contributed by atoms with E-state index in [4.69, 9.17) is 15.2 Å². The molecule has 1 unspecified atom stereocenters. The molecule has 92 valence electrons. The quantitative estimate of drug-likeness (QED) is 0.868. The molecule has 17 heavy (non-hydrogen) atoms. The van der Waals surface area contributed by atoms with Crippen LogP contribution in [0.1, 0.15) is 36.0 Å². The van der Waals surface area contributed by atoms with Crippen molar-refractivity contribution in [2.75, 3.05) is 19.8 Å². The normalized spacial score (nSPS) is 18.2. The lowest BCUT2D eigenvalue weighted by Gasteiger charge is -2.19. The minimum atomic E-state index is 0.401. The molecule has 3 heteroatoms. The van der Waals surface area contributed by atoms with Crippen molar-refractivity contribution in [3.63, 3.8) is 0 Å². The van der Waals surface area contributed by atoms with Crippen molar-refractivity contribution < 1.29 is 9.47 Å². The highest BCUT2D eigenvalue weighted by Gasteiger charge is 2.29. The van der Waals surface area contributed by atoms with Gasteiger partial charge < -0.3 is 15.2 Å². The summed E-state index contributed by atoms with van der Waals surface area (Å²) in [6.07, 6.45) is 3.06. The molecular formula is C14H19NO2. The molecule has 2 aliphatic rings. The van der Waals surface area contributed by atoms with Crippen molar-refractivity contribution in [1.29, 1.82) is 0 Å². The van der Waals surface area contributed by atoms with Crippen LogP contribution in [0.15, 0.2) is 6.07 Å². The number of hydrogen-bond donors (Lipinski definition) is 1. The summed E-state index contributed by atoms with van der Waals surface area (Å²) in [5.41, 5.74) is 9.87. The van der Waals surface area contributed by atoms with E-state index in [1.165, 1.54) is 16.7 Å². The van der Waals surface area contributed by atoms with Gasteiger partial charge in [0.15, 0.2) is 0 Å². The average molecular weight is 233 g/mol. The smallest absolute Gasteiger partial charge is 0.126 e. The van der Waals surface area contributed by atoms with Crippen LogP contribution in [0.3, 0.4) is 0 Å². The van der Waals surface area contributed by atoms with E-state index in [0.717, 1.165) is 44.0 Å². The summed E-state index contributed by atoms with van der Waals surface area (Å²) >= 11 is 0. The molecule has 0 amide bonds.